The van der Waals surface area contributed by atoms with Crippen molar-refractivity contribution < 1.29 is 18.0 Å². The molecule has 0 aliphatic rings. The average Bonchev–Trinajstić information content (AvgIpc) is 2.75. The molecule has 0 aromatic heterocycles. The van der Waals surface area contributed by atoms with E-state index in [2.05, 4.69) is 15.4 Å². The summed E-state index contributed by atoms with van der Waals surface area (Å²) < 4.78 is 28.0. The van der Waals surface area contributed by atoms with Crippen LogP contribution in [-0.4, -0.2) is 25.8 Å². The van der Waals surface area contributed by atoms with Gasteiger partial charge in [-0.2, -0.15) is 0 Å². The number of amides is 2. The van der Waals surface area contributed by atoms with Gasteiger partial charge >= 0.3 is 0 Å². The molecule has 0 saturated carbocycles. The summed E-state index contributed by atoms with van der Waals surface area (Å²) in [6.07, 6.45) is 0. The molecule has 3 rings (SSSR count). The van der Waals surface area contributed by atoms with Crippen LogP contribution in [0, 0.1) is 6.92 Å². The quantitative estimate of drug-likeness (QED) is 0.496. The van der Waals surface area contributed by atoms with Crippen LogP contribution < -0.4 is 15.4 Å². The summed E-state index contributed by atoms with van der Waals surface area (Å²) in [5.74, 6) is -0.760. The van der Waals surface area contributed by atoms with Crippen molar-refractivity contribution in [3.63, 3.8) is 0 Å². The van der Waals surface area contributed by atoms with Crippen molar-refractivity contribution in [2.75, 3.05) is 10.0 Å². The number of carbonyl (C=O) groups is 2. The van der Waals surface area contributed by atoms with Crippen LogP contribution in [0.5, 0.6) is 0 Å². The number of benzene rings is 3. The van der Waals surface area contributed by atoms with Crippen molar-refractivity contribution in [2.45, 2.75) is 38.1 Å². The van der Waals surface area contributed by atoms with Gasteiger partial charge in [0.05, 0.1) is 21.8 Å². The van der Waals surface area contributed by atoms with Gasteiger partial charge in [-0.1, -0.05) is 36.4 Å². The first-order chi connectivity index (χ1) is 15.5. The lowest BCUT2D eigenvalue weighted by Crippen LogP contribution is -2.40. The molecule has 3 aromatic rings. The van der Waals surface area contributed by atoms with E-state index in [0.29, 0.717) is 22.5 Å². The summed E-state index contributed by atoms with van der Waals surface area (Å²) in [6.45, 7) is 7.28. The van der Waals surface area contributed by atoms with Gasteiger partial charge in [0, 0.05) is 11.1 Å². The predicted molar refractivity (Wildman–Crippen MR) is 130 cm³/mol. The number of nitrogens with one attached hydrogen (secondary N) is 3. The van der Waals surface area contributed by atoms with Gasteiger partial charge in [0.2, 0.25) is 0 Å². The molecule has 0 atom stereocenters. The topological polar surface area (TPSA) is 104 Å². The summed E-state index contributed by atoms with van der Waals surface area (Å²) in [7, 11) is -3.81. The lowest BCUT2D eigenvalue weighted by atomic mass is 10.0. The second kappa shape index (κ2) is 9.46. The molecular weight excluding hydrogens is 438 g/mol. The van der Waals surface area contributed by atoms with E-state index in [-0.39, 0.29) is 16.4 Å². The van der Waals surface area contributed by atoms with Crippen molar-refractivity contribution in [2.24, 2.45) is 0 Å². The zero-order valence-corrected chi connectivity index (χ0v) is 19.8. The number of hydrogen-bond donors (Lipinski definition) is 3. The van der Waals surface area contributed by atoms with Gasteiger partial charge < -0.3 is 10.6 Å². The van der Waals surface area contributed by atoms with Crippen molar-refractivity contribution >= 4 is 33.2 Å². The minimum absolute atomic E-state index is 0.123. The van der Waals surface area contributed by atoms with Gasteiger partial charge in [-0.15, -0.1) is 0 Å². The van der Waals surface area contributed by atoms with Crippen LogP contribution in [0.3, 0.4) is 0 Å². The number of para-hydroxylation sites is 1. The van der Waals surface area contributed by atoms with Gasteiger partial charge in [0.25, 0.3) is 21.8 Å². The summed E-state index contributed by atoms with van der Waals surface area (Å²) in [6, 6.07) is 19.5. The summed E-state index contributed by atoms with van der Waals surface area (Å²) >= 11 is 0. The van der Waals surface area contributed by atoms with Crippen LogP contribution in [-0.2, 0) is 10.0 Å². The minimum atomic E-state index is -3.81. The summed E-state index contributed by atoms with van der Waals surface area (Å²) in [4.78, 5) is 25.9. The Morgan fingerprint density at radius 3 is 1.97 bits per heavy atom. The first kappa shape index (κ1) is 24.0. The van der Waals surface area contributed by atoms with E-state index >= 15 is 0 Å². The summed E-state index contributed by atoms with van der Waals surface area (Å²) in [5.41, 5.74) is 1.30. The Morgan fingerprint density at radius 1 is 0.727 bits per heavy atom. The Labute approximate surface area is 194 Å². The van der Waals surface area contributed by atoms with Crippen LogP contribution in [0.15, 0.2) is 77.7 Å². The summed E-state index contributed by atoms with van der Waals surface area (Å²) in [5, 5.41) is 5.66. The number of sulfonamides is 1. The highest BCUT2D eigenvalue weighted by Gasteiger charge is 2.21. The molecule has 0 bridgehead atoms. The molecule has 172 valence electrons. The highest BCUT2D eigenvalue weighted by molar-refractivity contribution is 7.92. The second-order valence-corrected chi connectivity index (χ2v) is 10.3. The molecule has 0 heterocycles. The average molecular weight is 466 g/mol. The monoisotopic (exact) mass is 465 g/mol. The standard InChI is InChI=1S/C25H27N3O4S/c1-17-19(14-10-16-21(17)28-33(31,32)18-11-6-5-7-12-18)23(29)26-22-15-9-8-13-20(22)24(30)27-25(2,3)4/h5-16,28H,1-4H3,(H,26,29)(H,27,30). The minimum Gasteiger partial charge on any atom is -0.347 e. The molecule has 2 amide bonds. The van der Waals surface area contributed by atoms with Crippen molar-refractivity contribution in [1.29, 1.82) is 0 Å². The van der Waals surface area contributed by atoms with E-state index in [1.807, 2.05) is 20.8 Å². The number of hydrogen-bond acceptors (Lipinski definition) is 4. The van der Waals surface area contributed by atoms with Crippen LogP contribution >= 0.6 is 0 Å². The van der Waals surface area contributed by atoms with E-state index in [4.69, 9.17) is 0 Å². The maximum atomic E-state index is 13.1. The number of carbonyl (C=O) groups excluding carboxylic acids is 2. The molecule has 3 N–H and O–H groups in total. The Morgan fingerprint density at radius 2 is 1.30 bits per heavy atom. The molecule has 7 nitrogen and oxygen atoms in total. The first-order valence-electron chi connectivity index (χ1n) is 10.4. The Hall–Kier alpha value is -3.65. The van der Waals surface area contributed by atoms with E-state index in [1.54, 1.807) is 67.6 Å². The Bertz CT molecular complexity index is 1280. The molecule has 3 aromatic carbocycles. The van der Waals surface area contributed by atoms with Gasteiger partial charge in [0.15, 0.2) is 0 Å². The van der Waals surface area contributed by atoms with Crippen molar-refractivity contribution in [1.82, 2.24) is 5.32 Å². The second-order valence-electron chi connectivity index (χ2n) is 8.60. The van der Waals surface area contributed by atoms with E-state index in [0.717, 1.165) is 0 Å². The van der Waals surface area contributed by atoms with Crippen LogP contribution in [0.2, 0.25) is 0 Å². The molecule has 0 saturated heterocycles. The molecule has 0 spiro atoms. The molecule has 8 heteroatoms. The number of rotatable bonds is 6. The van der Waals surface area contributed by atoms with Crippen LogP contribution in [0.1, 0.15) is 47.1 Å². The third-order valence-corrected chi connectivity index (χ3v) is 6.17. The Kier molecular flexibility index (Phi) is 6.88. The van der Waals surface area contributed by atoms with E-state index in [9.17, 15) is 18.0 Å². The predicted octanol–water partition coefficient (Wildman–Crippen LogP) is 4.58. The normalized spacial score (nSPS) is 11.5. The van der Waals surface area contributed by atoms with Crippen LogP contribution in [0.4, 0.5) is 11.4 Å². The molecule has 0 unspecified atom stereocenters. The SMILES string of the molecule is Cc1c(NS(=O)(=O)c2ccccc2)cccc1C(=O)Nc1ccccc1C(=O)NC(C)(C)C. The van der Waals surface area contributed by atoms with Gasteiger partial charge in [0.1, 0.15) is 0 Å². The molecule has 0 aliphatic carbocycles. The van der Waals surface area contributed by atoms with E-state index in [1.165, 1.54) is 12.1 Å². The lowest BCUT2D eigenvalue weighted by Gasteiger charge is -2.21. The molecule has 0 aliphatic heterocycles. The van der Waals surface area contributed by atoms with Gasteiger partial charge in [-0.3, -0.25) is 14.3 Å². The van der Waals surface area contributed by atoms with Gasteiger partial charge in [-0.25, -0.2) is 8.42 Å². The van der Waals surface area contributed by atoms with Crippen molar-refractivity contribution in [3.05, 3.63) is 89.5 Å². The third-order valence-electron chi connectivity index (χ3n) is 4.78. The maximum Gasteiger partial charge on any atom is 0.261 e. The molecule has 33 heavy (non-hydrogen) atoms. The molecule has 0 radical (unpaired) electrons. The molecule has 0 fully saturated rings. The van der Waals surface area contributed by atoms with E-state index < -0.39 is 21.5 Å². The third kappa shape index (κ3) is 5.98. The fraction of sp³-hybridized carbons (Fsp3) is 0.200. The van der Waals surface area contributed by atoms with Gasteiger partial charge in [-0.05, 0) is 69.7 Å². The highest BCUT2D eigenvalue weighted by atomic mass is 32.2. The number of anilines is 2. The maximum absolute atomic E-state index is 13.1. The largest absolute Gasteiger partial charge is 0.347 e. The highest BCUT2D eigenvalue weighted by Crippen LogP contribution is 2.24. The first-order valence-corrected chi connectivity index (χ1v) is 11.9. The zero-order chi connectivity index (χ0) is 24.2. The lowest BCUT2D eigenvalue weighted by molar-refractivity contribution is 0.0920. The zero-order valence-electron chi connectivity index (χ0n) is 19.0. The molecular formula is C25H27N3O4S. The fourth-order valence-corrected chi connectivity index (χ4v) is 4.33. The smallest absolute Gasteiger partial charge is 0.261 e. The Balaban J connectivity index is 1.86. The fourth-order valence-electron chi connectivity index (χ4n) is 3.18. The van der Waals surface area contributed by atoms with Crippen molar-refractivity contribution in [3.8, 4) is 0 Å². The van der Waals surface area contributed by atoms with Crippen LogP contribution in [0.25, 0.3) is 0 Å².